The van der Waals surface area contributed by atoms with Crippen LogP contribution < -0.4 is 10.6 Å². The van der Waals surface area contributed by atoms with Gasteiger partial charge in [0.05, 0.1) is 5.69 Å². The summed E-state index contributed by atoms with van der Waals surface area (Å²) in [4.78, 5) is 7.83. The highest BCUT2D eigenvalue weighted by molar-refractivity contribution is 7.15. The second-order valence-corrected chi connectivity index (χ2v) is 5.61. The molecule has 0 saturated carbocycles. The third-order valence-corrected chi connectivity index (χ3v) is 4.25. The minimum Gasteiger partial charge on any atom is -0.326 e. The van der Waals surface area contributed by atoms with E-state index in [2.05, 4.69) is 11.9 Å². The standard InChI is InChI=1S/C15H20FN3S/c1-3-6-13-14(10-17)20-15(18-13)19(4-2)12-8-5-7-11(16)9-12/h5,7-9H,3-4,6,10,17H2,1-2H3. The molecule has 1 aromatic heterocycles. The minimum absolute atomic E-state index is 0.231. The molecule has 0 atom stereocenters. The monoisotopic (exact) mass is 293 g/mol. The Balaban J connectivity index is 2.36. The van der Waals surface area contributed by atoms with Crippen molar-refractivity contribution in [2.24, 2.45) is 5.73 Å². The van der Waals surface area contributed by atoms with Crippen LogP contribution in [0.4, 0.5) is 15.2 Å². The summed E-state index contributed by atoms with van der Waals surface area (Å²) >= 11 is 1.60. The molecule has 2 aromatic rings. The largest absolute Gasteiger partial charge is 0.326 e. The average molecular weight is 293 g/mol. The number of benzene rings is 1. The Kier molecular flexibility index (Phi) is 5.09. The van der Waals surface area contributed by atoms with Crippen molar-refractivity contribution >= 4 is 22.2 Å². The molecular weight excluding hydrogens is 273 g/mol. The smallest absolute Gasteiger partial charge is 0.190 e. The van der Waals surface area contributed by atoms with Gasteiger partial charge in [-0.1, -0.05) is 30.7 Å². The van der Waals surface area contributed by atoms with Crippen LogP contribution in [-0.4, -0.2) is 11.5 Å². The van der Waals surface area contributed by atoms with Gasteiger partial charge in [-0.25, -0.2) is 9.37 Å². The maximum atomic E-state index is 13.4. The lowest BCUT2D eigenvalue weighted by atomic mass is 10.2. The number of thiazole rings is 1. The molecule has 0 radical (unpaired) electrons. The van der Waals surface area contributed by atoms with Gasteiger partial charge in [-0.2, -0.15) is 0 Å². The summed E-state index contributed by atoms with van der Waals surface area (Å²) in [6.07, 6.45) is 1.98. The molecule has 0 spiro atoms. The molecule has 3 nitrogen and oxygen atoms in total. The first kappa shape index (κ1) is 14.9. The summed E-state index contributed by atoms with van der Waals surface area (Å²) in [7, 11) is 0. The van der Waals surface area contributed by atoms with Crippen LogP contribution in [0.15, 0.2) is 24.3 Å². The number of anilines is 2. The van der Waals surface area contributed by atoms with Crippen LogP contribution in [-0.2, 0) is 13.0 Å². The summed E-state index contributed by atoms with van der Waals surface area (Å²) in [6.45, 7) is 5.41. The number of rotatable bonds is 6. The lowest BCUT2D eigenvalue weighted by Gasteiger charge is -2.19. The third-order valence-electron chi connectivity index (χ3n) is 3.11. The molecule has 0 saturated heterocycles. The molecule has 5 heteroatoms. The molecule has 0 aliphatic rings. The molecule has 1 heterocycles. The van der Waals surface area contributed by atoms with Crippen molar-refractivity contribution in [1.82, 2.24) is 4.98 Å². The molecular formula is C15H20FN3S. The van der Waals surface area contributed by atoms with Crippen molar-refractivity contribution in [1.29, 1.82) is 0 Å². The molecule has 0 amide bonds. The van der Waals surface area contributed by atoms with Crippen LogP contribution in [0.5, 0.6) is 0 Å². The fourth-order valence-electron chi connectivity index (χ4n) is 2.15. The molecule has 2 N–H and O–H groups in total. The zero-order chi connectivity index (χ0) is 14.5. The maximum Gasteiger partial charge on any atom is 0.190 e. The minimum atomic E-state index is -0.231. The van der Waals surface area contributed by atoms with E-state index in [9.17, 15) is 4.39 Å². The van der Waals surface area contributed by atoms with Gasteiger partial charge in [-0.15, -0.1) is 0 Å². The number of halogens is 1. The van der Waals surface area contributed by atoms with Gasteiger partial charge in [0.15, 0.2) is 5.13 Å². The fraction of sp³-hybridized carbons (Fsp3) is 0.400. The van der Waals surface area contributed by atoms with E-state index in [1.807, 2.05) is 17.9 Å². The van der Waals surface area contributed by atoms with E-state index in [4.69, 9.17) is 5.73 Å². The Labute approximate surface area is 123 Å². The average Bonchev–Trinajstić information content (AvgIpc) is 2.83. The first-order chi connectivity index (χ1) is 9.69. The zero-order valence-corrected chi connectivity index (χ0v) is 12.7. The van der Waals surface area contributed by atoms with E-state index in [1.165, 1.54) is 12.1 Å². The van der Waals surface area contributed by atoms with E-state index in [1.54, 1.807) is 17.4 Å². The summed E-state index contributed by atoms with van der Waals surface area (Å²) in [5.41, 5.74) is 7.69. The fourth-order valence-corrected chi connectivity index (χ4v) is 3.22. The Hall–Kier alpha value is -1.46. The van der Waals surface area contributed by atoms with E-state index in [0.717, 1.165) is 40.8 Å². The molecule has 0 aliphatic heterocycles. The number of nitrogens with zero attached hydrogens (tertiary/aromatic N) is 2. The Morgan fingerprint density at radius 3 is 2.75 bits per heavy atom. The molecule has 0 unspecified atom stereocenters. The van der Waals surface area contributed by atoms with Crippen molar-refractivity contribution in [3.8, 4) is 0 Å². The molecule has 2 rings (SSSR count). The van der Waals surface area contributed by atoms with Gasteiger partial charge in [-0.3, -0.25) is 0 Å². The summed E-state index contributed by atoms with van der Waals surface area (Å²) < 4.78 is 13.4. The predicted molar refractivity (Wildman–Crippen MR) is 83.1 cm³/mol. The summed E-state index contributed by atoms with van der Waals surface area (Å²) in [5.74, 6) is -0.231. The maximum absolute atomic E-state index is 13.4. The number of aromatic nitrogens is 1. The molecule has 0 bridgehead atoms. The third kappa shape index (κ3) is 3.16. The van der Waals surface area contributed by atoms with E-state index in [0.29, 0.717) is 6.54 Å². The van der Waals surface area contributed by atoms with Crippen LogP contribution in [0.2, 0.25) is 0 Å². The van der Waals surface area contributed by atoms with Gasteiger partial charge in [0.25, 0.3) is 0 Å². The van der Waals surface area contributed by atoms with Gasteiger partial charge in [0.1, 0.15) is 5.82 Å². The van der Waals surface area contributed by atoms with Crippen molar-refractivity contribution in [2.45, 2.75) is 33.2 Å². The van der Waals surface area contributed by atoms with Crippen LogP contribution in [0.3, 0.4) is 0 Å². The lowest BCUT2D eigenvalue weighted by Crippen LogP contribution is -2.15. The van der Waals surface area contributed by atoms with E-state index in [-0.39, 0.29) is 5.82 Å². The second kappa shape index (κ2) is 6.81. The van der Waals surface area contributed by atoms with Gasteiger partial charge in [0.2, 0.25) is 0 Å². The van der Waals surface area contributed by atoms with Crippen molar-refractivity contribution in [3.63, 3.8) is 0 Å². The number of hydrogen-bond donors (Lipinski definition) is 1. The number of aryl methyl sites for hydroxylation is 1. The highest BCUT2D eigenvalue weighted by Gasteiger charge is 2.16. The van der Waals surface area contributed by atoms with Gasteiger partial charge >= 0.3 is 0 Å². The molecule has 0 fully saturated rings. The SMILES string of the molecule is CCCc1nc(N(CC)c2cccc(F)c2)sc1CN. The van der Waals surface area contributed by atoms with Crippen LogP contribution >= 0.6 is 11.3 Å². The predicted octanol–water partition coefficient (Wildman–Crippen LogP) is 3.85. The summed E-state index contributed by atoms with van der Waals surface area (Å²) in [5, 5.41) is 0.891. The van der Waals surface area contributed by atoms with E-state index < -0.39 is 0 Å². The highest BCUT2D eigenvalue weighted by atomic mass is 32.1. The first-order valence-electron chi connectivity index (χ1n) is 6.91. The van der Waals surface area contributed by atoms with Crippen molar-refractivity contribution < 1.29 is 4.39 Å². The normalized spacial score (nSPS) is 10.8. The van der Waals surface area contributed by atoms with Gasteiger partial charge in [-0.05, 0) is 31.5 Å². The Morgan fingerprint density at radius 1 is 1.35 bits per heavy atom. The van der Waals surface area contributed by atoms with Gasteiger partial charge < -0.3 is 10.6 Å². The molecule has 0 aliphatic carbocycles. The van der Waals surface area contributed by atoms with Crippen LogP contribution in [0.1, 0.15) is 30.8 Å². The van der Waals surface area contributed by atoms with Crippen molar-refractivity contribution in [3.05, 3.63) is 40.7 Å². The quantitative estimate of drug-likeness (QED) is 0.879. The van der Waals surface area contributed by atoms with Crippen LogP contribution in [0, 0.1) is 5.82 Å². The Bertz CT molecular complexity index is 568. The Morgan fingerprint density at radius 2 is 2.15 bits per heavy atom. The number of nitrogens with two attached hydrogens (primary N) is 1. The summed E-state index contributed by atoms with van der Waals surface area (Å²) in [6, 6.07) is 6.60. The second-order valence-electron chi connectivity index (χ2n) is 4.54. The number of hydrogen-bond acceptors (Lipinski definition) is 4. The first-order valence-corrected chi connectivity index (χ1v) is 7.73. The van der Waals surface area contributed by atoms with Gasteiger partial charge in [0, 0.05) is 23.7 Å². The molecule has 1 aromatic carbocycles. The molecule has 108 valence electrons. The zero-order valence-electron chi connectivity index (χ0n) is 11.9. The highest BCUT2D eigenvalue weighted by Crippen LogP contribution is 2.32. The lowest BCUT2D eigenvalue weighted by molar-refractivity contribution is 0.627. The van der Waals surface area contributed by atoms with E-state index >= 15 is 0 Å². The van der Waals surface area contributed by atoms with Crippen molar-refractivity contribution in [2.75, 3.05) is 11.4 Å². The molecule has 20 heavy (non-hydrogen) atoms. The van der Waals surface area contributed by atoms with Crippen LogP contribution in [0.25, 0.3) is 0 Å². The topological polar surface area (TPSA) is 42.2 Å².